The molecule has 8 heteroatoms. The van der Waals surface area contributed by atoms with Crippen molar-refractivity contribution in [2.24, 2.45) is 0 Å². The normalized spacial score (nSPS) is 20.0. The quantitative estimate of drug-likeness (QED) is 0.797. The van der Waals surface area contributed by atoms with Gasteiger partial charge in [-0.15, -0.1) is 0 Å². The molecule has 0 unspecified atom stereocenters. The van der Waals surface area contributed by atoms with Crippen LogP contribution in [-0.4, -0.2) is 52.0 Å². The predicted octanol–water partition coefficient (Wildman–Crippen LogP) is 0.721. The summed E-state index contributed by atoms with van der Waals surface area (Å²) < 4.78 is 0.424. The molecule has 0 bridgehead atoms. The number of nitrogens with zero attached hydrogens (tertiary/aromatic N) is 3. The van der Waals surface area contributed by atoms with Crippen LogP contribution in [0.5, 0.6) is 0 Å². The molecule has 2 rings (SSSR count). The van der Waals surface area contributed by atoms with Crippen molar-refractivity contribution in [2.45, 2.75) is 13.0 Å². The van der Waals surface area contributed by atoms with Crippen molar-refractivity contribution in [3.8, 4) is 0 Å². The highest BCUT2D eigenvalue weighted by molar-refractivity contribution is 9.10. The second kappa shape index (κ2) is 4.97. The van der Waals surface area contributed by atoms with Crippen molar-refractivity contribution in [3.05, 3.63) is 21.0 Å². The summed E-state index contributed by atoms with van der Waals surface area (Å²) >= 11 is 3.23. The first-order chi connectivity index (χ1) is 8.50. The second-order valence-electron chi connectivity index (χ2n) is 4.17. The number of amides is 1. The number of aromatic nitrogens is 2. The Bertz CT molecular complexity index is 518. The number of anilines is 1. The molecule has 1 saturated heterocycles. The number of halogens is 1. The monoisotopic (exact) mass is 316 g/mol. The van der Waals surface area contributed by atoms with Gasteiger partial charge in [0.05, 0.1) is 11.9 Å². The fraction of sp³-hybridized carbons (Fsp3) is 0.500. The van der Waals surface area contributed by atoms with E-state index < -0.39 is 6.09 Å². The lowest BCUT2D eigenvalue weighted by Gasteiger charge is -2.40. The van der Waals surface area contributed by atoms with Crippen LogP contribution >= 0.6 is 15.9 Å². The van der Waals surface area contributed by atoms with E-state index in [9.17, 15) is 9.59 Å². The molecule has 1 aliphatic rings. The Morgan fingerprint density at radius 1 is 1.61 bits per heavy atom. The molecule has 2 N–H and O–H groups in total. The zero-order valence-corrected chi connectivity index (χ0v) is 11.3. The molecule has 18 heavy (non-hydrogen) atoms. The Morgan fingerprint density at radius 2 is 2.33 bits per heavy atom. The molecule has 1 aromatic rings. The average Bonchev–Trinajstić information content (AvgIpc) is 2.33. The first-order valence-electron chi connectivity index (χ1n) is 5.48. The zero-order valence-electron chi connectivity index (χ0n) is 9.76. The van der Waals surface area contributed by atoms with E-state index in [1.54, 1.807) is 6.20 Å². The molecule has 1 aliphatic heterocycles. The predicted molar refractivity (Wildman–Crippen MR) is 69.0 cm³/mol. The third-order valence-electron chi connectivity index (χ3n) is 2.98. The van der Waals surface area contributed by atoms with Crippen molar-refractivity contribution in [3.63, 3.8) is 0 Å². The van der Waals surface area contributed by atoms with Gasteiger partial charge >= 0.3 is 6.09 Å². The lowest BCUT2D eigenvalue weighted by Crippen LogP contribution is -2.53. The smallest absolute Gasteiger partial charge is 0.407 e. The van der Waals surface area contributed by atoms with Crippen molar-refractivity contribution in [1.29, 1.82) is 0 Å². The van der Waals surface area contributed by atoms with Crippen LogP contribution in [0.25, 0.3) is 0 Å². The summed E-state index contributed by atoms with van der Waals surface area (Å²) in [5.74, 6) is 0. The third kappa shape index (κ3) is 2.33. The molecule has 0 aromatic carbocycles. The number of nitrogens with one attached hydrogen (secondary N) is 1. The van der Waals surface area contributed by atoms with E-state index in [0.29, 0.717) is 29.8 Å². The van der Waals surface area contributed by atoms with Crippen molar-refractivity contribution < 1.29 is 9.90 Å². The molecule has 7 nitrogen and oxygen atoms in total. The van der Waals surface area contributed by atoms with E-state index in [2.05, 4.69) is 26.1 Å². The highest BCUT2D eigenvalue weighted by Crippen LogP contribution is 2.25. The topological polar surface area (TPSA) is 89.5 Å². The number of carboxylic acid groups (broad SMARTS) is 1. The summed E-state index contributed by atoms with van der Waals surface area (Å²) in [5, 5.41) is 15.0. The molecule has 0 aliphatic carbocycles. The molecule has 2 heterocycles. The third-order valence-corrected chi connectivity index (χ3v) is 3.75. The number of H-pyrrole nitrogens is 1. The summed E-state index contributed by atoms with van der Waals surface area (Å²) in [6, 6.07) is -0.00486. The van der Waals surface area contributed by atoms with Crippen LogP contribution in [0.1, 0.15) is 6.92 Å². The highest BCUT2D eigenvalue weighted by Gasteiger charge is 2.28. The summed E-state index contributed by atoms with van der Waals surface area (Å²) in [4.78, 5) is 25.7. The molecule has 1 aromatic heterocycles. The maximum atomic E-state index is 11.5. The van der Waals surface area contributed by atoms with Gasteiger partial charge in [-0.3, -0.25) is 4.79 Å². The van der Waals surface area contributed by atoms with Crippen molar-refractivity contribution >= 4 is 27.7 Å². The minimum absolute atomic E-state index is 0.00486. The van der Waals surface area contributed by atoms with Gasteiger partial charge in [0.2, 0.25) is 0 Å². The van der Waals surface area contributed by atoms with Gasteiger partial charge in [-0.05, 0) is 22.9 Å². The van der Waals surface area contributed by atoms with Crippen LogP contribution in [0.2, 0.25) is 0 Å². The summed E-state index contributed by atoms with van der Waals surface area (Å²) in [7, 11) is 0. The number of hydrogen-bond acceptors (Lipinski definition) is 4. The number of hydrogen-bond donors (Lipinski definition) is 2. The SMILES string of the molecule is C[C@H]1CN(C(=O)O)CCN1c1cn[nH]c(=O)c1Br. The first kappa shape index (κ1) is 12.9. The molecule has 0 radical (unpaired) electrons. The van der Waals surface area contributed by atoms with Gasteiger partial charge in [-0.25, -0.2) is 9.89 Å². The van der Waals surface area contributed by atoms with E-state index >= 15 is 0 Å². The Morgan fingerprint density at radius 3 is 2.94 bits per heavy atom. The molecule has 1 atom stereocenters. The zero-order chi connectivity index (χ0) is 13.3. The van der Waals surface area contributed by atoms with Gasteiger partial charge in [0.25, 0.3) is 5.56 Å². The fourth-order valence-corrected chi connectivity index (χ4v) is 2.48. The fourth-order valence-electron chi connectivity index (χ4n) is 2.06. The first-order valence-corrected chi connectivity index (χ1v) is 6.27. The van der Waals surface area contributed by atoms with E-state index in [4.69, 9.17) is 5.11 Å². The van der Waals surface area contributed by atoms with Crippen LogP contribution in [0.3, 0.4) is 0 Å². The van der Waals surface area contributed by atoms with Gasteiger partial charge in [0.1, 0.15) is 4.47 Å². The second-order valence-corrected chi connectivity index (χ2v) is 4.96. The lowest BCUT2D eigenvalue weighted by atomic mass is 10.2. The Kier molecular flexibility index (Phi) is 3.55. The maximum absolute atomic E-state index is 11.5. The number of carbonyl (C=O) groups is 1. The van der Waals surface area contributed by atoms with Crippen LogP contribution < -0.4 is 10.5 Å². The van der Waals surface area contributed by atoms with E-state index in [1.807, 2.05) is 11.8 Å². The summed E-state index contributed by atoms with van der Waals surface area (Å²) in [5.41, 5.74) is 0.400. The van der Waals surface area contributed by atoms with E-state index in [-0.39, 0.29) is 11.6 Å². The lowest BCUT2D eigenvalue weighted by molar-refractivity contribution is 0.136. The minimum atomic E-state index is -0.912. The number of rotatable bonds is 1. The van der Waals surface area contributed by atoms with Crippen molar-refractivity contribution in [1.82, 2.24) is 15.1 Å². The van der Waals surface area contributed by atoms with Crippen molar-refractivity contribution in [2.75, 3.05) is 24.5 Å². The molecule has 0 saturated carbocycles. The average molecular weight is 317 g/mol. The Hall–Kier alpha value is -1.57. The standard InChI is InChI=1S/C10H13BrN4O3/c1-6-5-14(10(17)18)2-3-15(6)7-4-12-13-9(16)8(7)11/h4,6H,2-3,5H2,1H3,(H,13,16)(H,17,18)/t6-/m0/s1. The Balaban J connectivity index is 2.23. The van der Waals surface area contributed by atoms with Crippen LogP contribution in [0, 0.1) is 0 Å². The number of piperazine rings is 1. The molecule has 98 valence electrons. The van der Waals surface area contributed by atoms with Gasteiger partial charge in [-0.1, -0.05) is 0 Å². The highest BCUT2D eigenvalue weighted by atomic mass is 79.9. The molecular weight excluding hydrogens is 304 g/mol. The van der Waals surface area contributed by atoms with Gasteiger partial charge in [0.15, 0.2) is 0 Å². The van der Waals surface area contributed by atoms with Crippen LogP contribution in [0.15, 0.2) is 15.5 Å². The van der Waals surface area contributed by atoms with Gasteiger partial charge < -0.3 is 14.9 Å². The van der Waals surface area contributed by atoms with E-state index in [1.165, 1.54) is 4.90 Å². The van der Waals surface area contributed by atoms with Crippen LogP contribution in [-0.2, 0) is 0 Å². The Labute approximate surface area is 112 Å². The molecular formula is C10H13BrN4O3. The van der Waals surface area contributed by atoms with Gasteiger partial charge in [-0.2, -0.15) is 5.10 Å². The maximum Gasteiger partial charge on any atom is 0.407 e. The molecule has 1 fully saturated rings. The summed E-state index contributed by atoms with van der Waals surface area (Å²) in [6.07, 6.45) is 0.655. The largest absolute Gasteiger partial charge is 0.465 e. The summed E-state index contributed by atoms with van der Waals surface area (Å²) in [6.45, 7) is 3.29. The van der Waals surface area contributed by atoms with E-state index in [0.717, 1.165) is 0 Å². The van der Waals surface area contributed by atoms with Crippen LogP contribution in [0.4, 0.5) is 10.5 Å². The molecule has 1 amide bonds. The molecule has 0 spiro atoms. The van der Waals surface area contributed by atoms with Gasteiger partial charge in [0, 0.05) is 25.7 Å². The minimum Gasteiger partial charge on any atom is -0.465 e. The number of aromatic amines is 1.